The van der Waals surface area contributed by atoms with Gasteiger partial charge < -0.3 is 10.1 Å². The number of fused-ring (bicyclic) bond motifs is 1. The van der Waals surface area contributed by atoms with Crippen LogP contribution in [-0.4, -0.2) is 24.5 Å². The molecule has 0 aliphatic heterocycles. The molecule has 6 atom stereocenters. The molecule has 0 heterocycles. The Morgan fingerprint density at radius 2 is 1.86 bits per heavy atom. The van der Waals surface area contributed by atoms with Gasteiger partial charge in [-0.15, -0.1) is 0 Å². The number of hydrogen-bond donors (Lipinski definition) is 1. The van der Waals surface area contributed by atoms with Crippen LogP contribution in [0.2, 0.25) is 0 Å². The molecule has 0 aromatic heterocycles. The molecule has 162 valence electrons. The van der Waals surface area contributed by atoms with Crippen LogP contribution in [0.4, 0.5) is 4.79 Å². The number of hydrogen-bond acceptors (Lipinski definition) is 3. The predicted molar refractivity (Wildman–Crippen MR) is 114 cm³/mol. The maximum absolute atomic E-state index is 12.4. The lowest BCUT2D eigenvalue weighted by atomic mass is 9.45. The van der Waals surface area contributed by atoms with E-state index in [1.54, 1.807) is 0 Å². The van der Waals surface area contributed by atoms with Crippen molar-refractivity contribution in [3.05, 3.63) is 0 Å². The Balaban J connectivity index is 2.26. The lowest BCUT2D eigenvalue weighted by Crippen LogP contribution is -2.59. The maximum Gasteiger partial charge on any atom is 0.407 e. The number of ketones is 1. The molecule has 0 radical (unpaired) electrons. The molecule has 2 rings (SSSR count). The highest BCUT2D eigenvalue weighted by atomic mass is 16.6. The summed E-state index contributed by atoms with van der Waals surface area (Å²) in [7, 11) is 0. The summed E-state index contributed by atoms with van der Waals surface area (Å²) in [4.78, 5) is 23.6. The number of amides is 1. The number of nitrogens with one attached hydrogen (secondary N) is 1. The molecule has 4 nitrogen and oxygen atoms in total. The standard InChI is InChI=1S/C24H43NO3/c1-8-16(2)9-11-19-17(3)10-12-20-23(5,6)14-13-21(24(19,20)7)28-22(27)25-15-18(4)26/h16-17,19-21H,8-15H2,1-7H3,(H,25,27)/t16-,17+,19+,20+,21?,24-/m1/s1. The quantitative estimate of drug-likeness (QED) is 0.578. The van der Waals surface area contributed by atoms with Crippen LogP contribution >= 0.6 is 0 Å². The second kappa shape index (κ2) is 9.17. The SMILES string of the molecule is CC[C@@H](C)CC[C@H]1[C@@H](C)CC[C@H]2C(C)(C)CCC(OC(=O)NCC(C)=O)[C@]12C. The lowest BCUT2D eigenvalue weighted by Gasteiger charge is -2.61. The van der Waals surface area contributed by atoms with Crippen molar-refractivity contribution < 1.29 is 14.3 Å². The first-order valence-electron chi connectivity index (χ1n) is 11.5. The van der Waals surface area contributed by atoms with Crippen molar-refractivity contribution in [2.75, 3.05) is 6.54 Å². The second-order valence-corrected chi connectivity index (χ2v) is 10.6. The lowest BCUT2D eigenvalue weighted by molar-refractivity contribution is -0.168. The van der Waals surface area contributed by atoms with Crippen LogP contribution in [-0.2, 0) is 9.53 Å². The van der Waals surface area contributed by atoms with Gasteiger partial charge >= 0.3 is 6.09 Å². The van der Waals surface area contributed by atoms with Crippen molar-refractivity contribution in [1.29, 1.82) is 0 Å². The monoisotopic (exact) mass is 393 g/mol. The smallest absolute Gasteiger partial charge is 0.407 e. The summed E-state index contributed by atoms with van der Waals surface area (Å²) in [6, 6.07) is 0. The Kier molecular flexibility index (Phi) is 7.61. The maximum atomic E-state index is 12.4. The van der Waals surface area contributed by atoms with Gasteiger partial charge in [0, 0.05) is 5.41 Å². The fourth-order valence-electron chi connectivity index (χ4n) is 6.31. The van der Waals surface area contributed by atoms with Crippen molar-refractivity contribution in [3.8, 4) is 0 Å². The molecule has 0 aromatic rings. The molecule has 0 bridgehead atoms. The molecule has 0 aromatic carbocycles. The van der Waals surface area contributed by atoms with E-state index < -0.39 is 6.09 Å². The number of Topliss-reactive ketones (excluding diaryl/α,β-unsaturated/α-hetero) is 1. The highest BCUT2D eigenvalue weighted by molar-refractivity contribution is 5.81. The Morgan fingerprint density at radius 3 is 2.46 bits per heavy atom. The molecule has 28 heavy (non-hydrogen) atoms. The fraction of sp³-hybridized carbons (Fsp3) is 0.917. The first-order valence-corrected chi connectivity index (χ1v) is 11.5. The predicted octanol–water partition coefficient (Wildman–Crippen LogP) is 5.99. The van der Waals surface area contributed by atoms with Gasteiger partial charge in [-0.3, -0.25) is 4.79 Å². The summed E-state index contributed by atoms with van der Waals surface area (Å²) in [5.74, 6) is 2.49. The average molecular weight is 394 g/mol. The van der Waals surface area contributed by atoms with E-state index in [2.05, 4.69) is 46.9 Å². The third kappa shape index (κ3) is 4.91. The van der Waals surface area contributed by atoms with Gasteiger partial charge in [0.05, 0.1) is 6.54 Å². The minimum atomic E-state index is -0.432. The van der Waals surface area contributed by atoms with Crippen LogP contribution in [0.15, 0.2) is 0 Å². The zero-order valence-electron chi connectivity index (χ0n) is 19.3. The molecule has 0 saturated heterocycles. The fourth-order valence-corrected chi connectivity index (χ4v) is 6.31. The highest BCUT2D eigenvalue weighted by Gasteiger charge is 2.59. The first kappa shape index (κ1) is 23.2. The first-order chi connectivity index (χ1) is 13.0. The van der Waals surface area contributed by atoms with Crippen LogP contribution < -0.4 is 5.32 Å². The summed E-state index contributed by atoms with van der Waals surface area (Å²) in [6.07, 6.45) is 7.69. The molecule has 2 fully saturated rings. The molecule has 2 aliphatic carbocycles. The number of carbonyl (C=O) groups excluding carboxylic acids is 2. The van der Waals surface area contributed by atoms with Crippen molar-refractivity contribution in [2.24, 2.45) is 34.5 Å². The second-order valence-electron chi connectivity index (χ2n) is 10.6. The minimum absolute atomic E-state index is 0.000438. The van der Waals surface area contributed by atoms with Gasteiger partial charge in [0.2, 0.25) is 0 Å². The van der Waals surface area contributed by atoms with E-state index in [0.29, 0.717) is 17.8 Å². The molecule has 4 heteroatoms. The number of carbonyl (C=O) groups is 2. The van der Waals surface area contributed by atoms with Crippen molar-refractivity contribution in [1.82, 2.24) is 5.32 Å². The van der Waals surface area contributed by atoms with Gasteiger partial charge in [-0.25, -0.2) is 4.79 Å². The van der Waals surface area contributed by atoms with E-state index in [0.717, 1.165) is 18.8 Å². The molecule has 0 spiro atoms. The normalized spacial score (nSPS) is 35.5. The van der Waals surface area contributed by atoms with Crippen LogP contribution in [0.1, 0.15) is 93.4 Å². The molecular weight excluding hydrogens is 350 g/mol. The van der Waals surface area contributed by atoms with E-state index in [1.807, 2.05) is 0 Å². The van der Waals surface area contributed by atoms with E-state index in [1.165, 1.54) is 39.0 Å². The van der Waals surface area contributed by atoms with Crippen LogP contribution in [0.3, 0.4) is 0 Å². The third-order valence-corrected chi connectivity index (χ3v) is 8.23. The van der Waals surface area contributed by atoms with Gasteiger partial charge in [0.25, 0.3) is 0 Å². The molecule has 1 amide bonds. The summed E-state index contributed by atoms with van der Waals surface area (Å²) >= 11 is 0. The Bertz CT molecular complexity index is 558. The number of ether oxygens (including phenoxy) is 1. The molecule has 2 saturated carbocycles. The molecule has 1 N–H and O–H groups in total. The van der Waals surface area contributed by atoms with Gasteiger partial charge in [0.1, 0.15) is 11.9 Å². The number of alkyl carbamates (subject to hydrolysis) is 1. The van der Waals surface area contributed by atoms with E-state index in [-0.39, 0.29) is 29.3 Å². The summed E-state index contributed by atoms with van der Waals surface area (Å²) < 4.78 is 6.02. The largest absolute Gasteiger partial charge is 0.446 e. The zero-order chi connectivity index (χ0) is 21.1. The van der Waals surface area contributed by atoms with Crippen LogP contribution in [0, 0.1) is 34.5 Å². The average Bonchev–Trinajstić information content (AvgIpc) is 2.61. The van der Waals surface area contributed by atoms with Crippen LogP contribution in [0.5, 0.6) is 0 Å². The number of rotatable bonds is 7. The van der Waals surface area contributed by atoms with E-state index in [9.17, 15) is 9.59 Å². The Morgan fingerprint density at radius 1 is 1.18 bits per heavy atom. The Hall–Kier alpha value is -1.06. The highest BCUT2D eigenvalue weighted by Crippen LogP contribution is 2.62. The van der Waals surface area contributed by atoms with Crippen molar-refractivity contribution in [3.63, 3.8) is 0 Å². The molecule has 2 aliphatic rings. The zero-order valence-corrected chi connectivity index (χ0v) is 19.3. The minimum Gasteiger partial charge on any atom is -0.446 e. The van der Waals surface area contributed by atoms with Crippen LogP contribution in [0.25, 0.3) is 0 Å². The van der Waals surface area contributed by atoms with Gasteiger partial charge in [0.15, 0.2) is 0 Å². The molecule has 1 unspecified atom stereocenters. The van der Waals surface area contributed by atoms with Gasteiger partial charge in [-0.05, 0) is 61.7 Å². The third-order valence-electron chi connectivity index (χ3n) is 8.23. The summed E-state index contributed by atoms with van der Waals surface area (Å²) in [6.45, 7) is 15.8. The van der Waals surface area contributed by atoms with Gasteiger partial charge in [-0.2, -0.15) is 0 Å². The topological polar surface area (TPSA) is 55.4 Å². The Labute approximate surface area is 172 Å². The summed E-state index contributed by atoms with van der Waals surface area (Å²) in [5, 5.41) is 2.64. The summed E-state index contributed by atoms with van der Waals surface area (Å²) in [5.41, 5.74) is 0.277. The molecular formula is C24H43NO3. The van der Waals surface area contributed by atoms with Crippen molar-refractivity contribution in [2.45, 2.75) is 99.5 Å². The van der Waals surface area contributed by atoms with Crippen molar-refractivity contribution >= 4 is 11.9 Å². The van der Waals surface area contributed by atoms with E-state index in [4.69, 9.17) is 4.74 Å². The van der Waals surface area contributed by atoms with E-state index >= 15 is 0 Å². The van der Waals surface area contributed by atoms with Gasteiger partial charge in [-0.1, -0.05) is 60.8 Å².